The normalized spacial score (nSPS) is 20.7. The molecule has 0 bridgehead atoms. The number of anilines is 1. The molecule has 1 aliphatic carbocycles. The number of rotatable bonds is 8. The average molecular weight is 489 g/mol. The number of aromatic nitrogens is 1. The van der Waals surface area contributed by atoms with Gasteiger partial charge in [-0.3, -0.25) is 14.3 Å². The Labute approximate surface area is 205 Å². The Morgan fingerprint density at radius 2 is 1.63 bits per heavy atom. The van der Waals surface area contributed by atoms with Crippen LogP contribution in [-0.2, 0) is 24.2 Å². The lowest BCUT2D eigenvalue weighted by atomic mass is 9.90. The number of piperazine rings is 1. The number of hydrogen-bond donors (Lipinski definition) is 5. The van der Waals surface area contributed by atoms with Crippen molar-refractivity contribution in [3.63, 3.8) is 0 Å². The lowest BCUT2D eigenvalue weighted by Crippen LogP contribution is -2.48. The fourth-order valence-electron chi connectivity index (χ4n) is 4.80. The Bertz CT molecular complexity index is 998. The number of para-hydroxylation sites is 2. The van der Waals surface area contributed by atoms with Gasteiger partial charge in [0.15, 0.2) is 11.8 Å². The molecule has 1 aliphatic heterocycles. The molecule has 4 rings (SSSR count). The molecule has 1 fully saturated rings. The minimum Gasteiger partial charge on any atom is -0.494 e. The van der Waals surface area contributed by atoms with Crippen LogP contribution in [0.3, 0.4) is 0 Å². The molecule has 1 amide bonds. The van der Waals surface area contributed by atoms with Gasteiger partial charge < -0.3 is 35.4 Å². The molecule has 2 unspecified atom stereocenters. The number of amides is 1. The number of fused-ring (bicyclic) bond motifs is 1. The van der Waals surface area contributed by atoms with E-state index in [1.54, 1.807) is 0 Å². The molecule has 0 saturated carbocycles. The number of benzene rings is 1. The third-order valence-electron chi connectivity index (χ3n) is 6.68. The monoisotopic (exact) mass is 488 g/mol. The van der Waals surface area contributed by atoms with E-state index >= 15 is 0 Å². The summed E-state index contributed by atoms with van der Waals surface area (Å²) in [6, 6.07) is 8.08. The van der Waals surface area contributed by atoms with Gasteiger partial charge in [-0.05, 0) is 26.0 Å². The van der Waals surface area contributed by atoms with Crippen molar-refractivity contribution in [3.05, 3.63) is 35.4 Å². The van der Waals surface area contributed by atoms with Crippen LogP contribution in [0, 0.1) is 0 Å². The lowest BCUT2D eigenvalue weighted by Gasteiger charge is -2.36. The predicted octanol–water partition coefficient (Wildman–Crippen LogP) is 0.445. The van der Waals surface area contributed by atoms with E-state index in [-0.39, 0.29) is 43.2 Å². The van der Waals surface area contributed by atoms with Crippen LogP contribution in [0.15, 0.2) is 24.3 Å². The Kier molecular flexibility index (Phi) is 7.73. The van der Waals surface area contributed by atoms with E-state index in [2.05, 4.69) is 21.2 Å². The smallest absolute Gasteiger partial charge is 0.240 e. The van der Waals surface area contributed by atoms with Crippen LogP contribution >= 0.6 is 0 Å². The summed E-state index contributed by atoms with van der Waals surface area (Å²) in [5.41, 5.74) is 1.86. The minimum atomic E-state index is -1.01. The van der Waals surface area contributed by atoms with E-state index < -0.39 is 12.2 Å². The quantitative estimate of drug-likeness (QED) is 0.362. The number of aliphatic hydroxyl groups excluding tert-OH is 2. The third-order valence-corrected chi connectivity index (χ3v) is 6.68. The Morgan fingerprint density at radius 3 is 2.23 bits per heavy atom. The van der Waals surface area contributed by atoms with Gasteiger partial charge >= 0.3 is 0 Å². The number of ether oxygens (including phenoxy) is 1. The molecule has 35 heavy (non-hydrogen) atoms. The van der Waals surface area contributed by atoms with Crippen molar-refractivity contribution in [2.45, 2.75) is 51.5 Å². The molecule has 10 heteroatoms. The summed E-state index contributed by atoms with van der Waals surface area (Å²) in [4.78, 5) is 17.1. The fraction of sp³-hybridized carbons (Fsp3) is 0.560. The van der Waals surface area contributed by atoms with E-state index in [1.807, 2.05) is 32.0 Å². The molecule has 2 atom stereocenters. The first kappa shape index (κ1) is 25.2. The van der Waals surface area contributed by atoms with Crippen molar-refractivity contribution in [2.75, 3.05) is 44.2 Å². The number of hydrogen-bond acceptors (Lipinski definition) is 8. The van der Waals surface area contributed by atoms with Crippen molar-refractivity contribution in [2.24, 2.45) is 0 Å². The highest BCUT2D eigenvalue weighted by molar-refractivity contribution is 5.76. The molecule has 5 N–H and O–H groups in total. The first-order valence-electron chi connectivity index (χ1n) is 12.2. The molecule has 0 radical (unpaired) electrons. The van der Waals surface area contributed by atoms with Crippen LogP contribution in [0.5, 0.6) is 17.5 Å². The zero-order chi connectivity index (χ0) is 25.1. The zero-order valence-electron chi connectivity index (χ0n) is 20.4. The van der Waals surface area contributed by atoms with Gasteiger partial charge in [0.25, 0.3) is 0 Å². The van der Waals surface area contributed by atoms with Crippen LogP contribution in [0.25, 0.3) is 0 Å². The molecular formula is C25H36N4O6. The van der Waals surface area contributed by atoms with E-state index in [0.717, 1.165) is 42.2 Å². The van der Waals surface area contributed by atoms with E-state index in [1.165, 1.54) is 0 Å². The number of carbonyl (C=O) groups excluding carboxylic acids is 1. The van der Waals surface area contributed by atoms with Gasteiger partial charge in [-0.2, -0.15) is 0 Å². The topological polar surface area (TPSA) is 131 Å². The summed E-state index contributed by atoms with van der Waals surface area (Å²) in [5, 5.41) is 43.4. The van der Waals surface area contributed by atoms with Crippen molar-refractivity contribution < 1.29 is 30.0 Å². The largest absolute Gasteiger partial charge is 0.494 e. The molecule has 1 saturated heterocycles. The van der Waals surface area contributed by atoms with Gasteiger partial charge in [-0.15, -0.1) is 0 Å². The van der Waals surface area contributed by atoms with Crippen molar-refractivity contribution in [1.29, 1.82) is 0 Å². The van der Waals surface area contributed by atoms with Crippen molar-refractivity contribution in [1.82, 2.24) is 14.8 Å². The molecule has 2 heterocycles. The summed E-state index contributed by atoms with van der Waals surface area (Å²) in [5.74, 6) is 0.0840. The van der Waals surface area contributed by atoms with Crippen LogP contribution in [-0.4, -0.2) is 93.4 Å². The summed E-state index contributed by atoms with van der Waals surface area (Å²) in [6.45, 7) is 8.40. The predicted molar refractivity (Wildman–Crippen MR) is 131 cm³/mol. The maximum absolute atomic E-state index is 12.5. The van der Waals surface area contributed by atoms with Crippen LogP contribution in [0.2, 0.25) is 0 Å². The molecule has 1 aromatic heterocycles. The number of aliphatic hydroxyl groups is 2. The molecule has 10 nitrogen and oxygen atoms in total. The second-order valence-corrected chi connectivity index (χ2v) is 9.55. The van der Waals surface area contributed by atoms with E-state index in [0.29, 0.717) is 24.2 Å². The highest BCUT2D eigenvalue weighted by atomic mass is 16.5. The van der Waals surface area contributed by atoms with Gasteiger partial charge in [-0.25, -0.2) is 0 Å². The molecule has 192 valence electrons. The average Bonchev–Trinajstić information content (AvgIpc) is 3.04. The number of aromatic hydroxyl groups is 2. The van der Waals surface area contributed by atoms with Gasteiger partial charge in [0, 0.05) is 63.2 Å². The van der Waals surface area contributed by atoms with Gasteiger partial charge in [0.05, 0.1) is 24.0 Å². The molecule has 2 aliphatic rings. The standard InChI is InChI=1S/C25H36N4O6/c1-16(2)35-22-6-4-3-5-19(22)28-11-9-27(10-12-28)8-7-26-23(32)15-29-24(33)17-13-20(30)21(31)14-18(17)25(29)34/h3-6,16,20-21,30-31,33-34H,7-15H2,1-2H3,(H,26,32). The lowest BCUT2D eigenvalue weighted by molar-refractivity contribution is -0.121. The van der Waals surface area contributed by atoms with Crippen LogP contribution < -0.4 is 15.0 Å². The zero-order valence-corrected chi connectivity index (χ0v) is 20.4. The summed E-state index contributed by atoms with van der Waals surface area (Å²) >= 11 is 0. The SMILES string of the molecule is CC(C)Oc1ccccc1N1CCN(CCNC(=O)Cn2c(O)c3c(c2O)CC(O)C(O)C3)CC1. The van der Waals surface area contributed by atoms with E-state index in [9.17, 15) is 25.2 Å². The second kappa shape index (κ2) is 10.8. The van der Waals surface area contributed by atoms with Crippen LogP contribution in [0.4, 0.5) is 5.69 Å². The molecular weight excluding hydrogens is 452 g/mol. The second-order valence-electron chi connectivity index (χ2n) is 9.55. The Hall–Kier alpha value is -2.95. The summed E-state index contributed by atoms with van der Waals surface area (Å²) in [6.07, 6.45) is -1.84. The van der Waals surface area contributed by atoms with Gasteiger partial charge in [0.1, 0.15) is 12.3 Å². The van der Waals surface area contributed by atoms with Crippen molar-refractivity contribution in [3.8, 4) is 17.5 Å². The minimum absolute atomic E-state index is 0.0323. The molecule has 2 aromatic rings. The van der Waals surface area contributed by atoms with Gasteiger partial charge in [0.2, 0.25) is 5.91 Å². The maximum atomic E-state index is 12.5. The number of nitrogens with one attached hydrogen (secondary N) is 1. The first-order valence-corrected chi connectivity index (χ1v) is 12.2. The maximum Gasteiger partial charge on any atom is 0.240 e. The number of carbonyl (C=O) groups is 1. The van der Waals surface area contributed by atoms with Crippen LogP contribution in [0.1, 0.15) is 25.0 Å². The van der Waals surface area contributed by atoms with Crippen molar-refractivity contribution >= 4 is 11.6 Å². The van der Waals surface area contributed by atoms with E-state index in [4.69, 9.17) is 4.74 Å². The number of nitrogens with zero attached hydrogens (tertiary/aromatic N) is 3. The third kappa shape index (κ3) is 5.66. The Balaban J connectivity index is 1.24. The highest BCUT2D eigenvalue weighted by Crippen LogP contribution is 2.38. The summed E-state index contributed by atoms with van der Waals surface area (Å²) in [7, 11) is 0. The summed E-state index contributed by atoms with van der Waals surface area (Å²) < 4.78 is 7.08. The molecule has 1 aromatic carbocycles. The highest BCUT2D eigenvalue weighted by Gasteiger charge is 2.33. The fourth-order valence-corrected chi connectivity index (χ4v) is 4.80. The first-order chi connectivity index (χ1) is 16.7. The Morgan fingerprint density at radius 1 is 1.03 bits per heavy atom. The molecule has 0 spiro atoms. The van der Waals surface area contributed by atoms with Gasteiger partial charge in [-0.1, -0.05) is 12.1 Å².